The van der Waals surface area contributed by atoms with Crippen LogP contribution in [0.2, 0.25) is 0 Å². The van der Waals surface area contributed by atoms with E-state index in [0.717, 1.165) is 31.2 Å². The lowest BCUT2D eigenvalue weighted by atomic mass is 9.33. The molecule has 45 heavy (non-hydrogen) atoms. The highest BCUT2D eigenvalue weighted by Gasteiger charge is 2.69. The van der Waals surface area contributed by atoms with E-state index in [2.05, 4.69) is 46.0 Å². The normalized spacial score (nSPS) is 41.6. The number of carbonyl (C=O) groups is 3. The number of fused-ring (bicyclic) bond motifs is 7. The summed E-state index contributed by atoms with van der Waals surface area (Å²) < 4.78 is 5.07. The first-order valence-electron chi connectivity index (χ1n) is 17.5. The Morgan fingerprint density at radius 2 is 1.67 bits per heavy atom. The molecule has 0 spiro atoms. The molecule has 1 aromatic carbocycles. The number of hydrogen-bond donors (Lipinski definition) is 2. The number of carboxylic acid groups (broad SMARTS) is 1. The molecule has 1 heterocycles. The van der Waals surface area contributed by atoms with Crippen molar-refractivity contribution in [3.8, 4) is 0 Å². The molecule has 244 valence electrons. The molecular formula is C38H52N2O5. The molecule has 1 aliphatic heterocycles. The molecule has 4 saturated carbocycles. The van der Waals surface area contributed by atoms with E-state index in [0.29, 0.717) is 42.4 Å². The zero-order valence-corrected chi connectivity index (χ0v) is 27.9. The second-order valence-corrected chi connectivity index (χ2v) is 16.8. The number of cyclic esters (lactones) is 1. The Morgan fingerprint density at radius 3 is 2.36 bits per heavy atom. The highest BCUT2D eigenvalue weighted by molar-refractivity contribution is 5.88. The predicted octanol–water partition coefficient (Wildman–Crippen LogP) is 7.55. The average molecular weight is 617 g/mol. The number of allylic oxidation sites excluding steroid dienone is 2. The van der Waals surface area contributed by atoms with Gasteiger partial charge >= 0.3 is 12.1 Å². The zero-order valence-electron chi connectivity index (χ0n) is 27.9. The Bertz CT molecular complexity index is 1430. The molecule has 7 rings (SSSR count). The Labute approximate surface area is 268 Å². The number of benzene rings is 1. The summed E-state index contributed by atoms with van der Waals surface area (Å²) in [5, 5.41) is 13.0. The summed E-state index contributed by atoms with van der Waals surface area (Å²) in [6.45, 7) is 13.7. The van der Waals surface area contributed by atoms with Gasteiger partial charge in [0.1, 0.15) is 13.2 Å². The second-order valence-electron chi connectivity index (χ2n) is 16.8. The Balaban J connectivity index is 1.14. The summed E-state index contributed by atoms with van der Waals surface area (Å²) in [6, 6.07) is 7.50. The van der Waals surface area contributed by atoms with Crippen molar-refractivity contribution in [3.05, 3.63) is 41.5 Å². The minimum absolute atomic E-state index is 0.00393. The molecule has 5 aliphatic carbocycles. The van der Waals surface area contributed by atoms with Crippen molar-refractivity contribution < 1.29 is 24.2 Å². The standard InChI is InChI=1S/C38H52N2O5/c1-34(2)26(24-8-10-25(11-9-24)32(42)43)14-17-35(3)29(34)15-18-37(5)30(35)13-12-27-28-7-6-16-38(28,20-19-36(27,37)4)39-31(41)23-40-21-22-45-33(40)44/h8-11,14,27-30H,6-7,12-13,15-23H2,1-5H3,(H,39,41)(H,42,43)/t27-,28?,29?,30?,35+,36-,37-,38+/m1/s1. The van der Waals surface area contributed by atoms with Crippen molar-refractivity contribution in [2.24, 2.45) is 45.3 Å². The van der Waals surface area contributed by atoms with E-state index < -0.39 is 5.97 Å². The number of nitrogens with one attached hydrogen (secondary N) is 1. The highest BCUT2D eigenvalue weighted by Crippen LogP contribution is 2.76. The molecule has 0 radical (unpaired) electrons. The van der Waals surface area contributed by atoms with Crippen molar-refractivity contribution in [3.63, 3.8) is 0 Å². The monoisotopic (exact) mass is 616 g/mol. The summed E-state index contributed by atoms with van der Waals surface area (Å²) in [4.78, 5) is 38.4. The molecule has 0 aromatic heterocycles. The molecule has 1 aromatic rings. The van der Waals surface area contributed by atoms with Gasteiger partial charge in [-0.15, -0.1) is 0 Å². The fraction of sp³-hybridized carbons (Fsp3) is 0.711. The molecule has 7 heteroatoms. The van der Waals surface area contributed by atoms with Crippen molar-refractivity contribution in [1.29, 1.82) is 0 Å². The van der Waals surface area contributed by atoms with Crippen LogP contribution in [-0.4, -0.2) is 53.2 Å². The van der Waals surface area contributed by atoms with E-state index in [1.54, 1.807) is 12.1 Å². The van der Waals surface area contributed by atoms with Crippen LogP contribution in [0.5, 0.6) is 0 Å². The van der Waals surface area contributed by atoms with Crippen molar-refractivity contribution >= 4 is 23.5 Å². The second kappa shape index (κ2) is 10.3. The summed E-state index contributed by atoms with van der Waals surface area (Å²) in [7, 11) is 0. The van der Waals surface area contributed by atoms with Gasteiger partial charge in [-0.1, -0.05) is 59.2 Å². The molecular weight excluding hydrogens is 564 g/mol. The van der Waals surface area contributed by atoms with Gasteiger partial charge < -0.3 is 15.2 Å². The summed E-state index contributed by atoms with van der Waals surface area (Å²) in [5.74, 6) is 1.39. The SMILES string of the molecule is CC1(C)C(c2ccc(C(=O)O)cc2)=CC[C@@]2(C)C1CC[C@]1(C)C2CC[C@@H]2C3CCC[C@]3(NC(=O)CN3CCOC3=O)CC[C@]21C. The molecule has 2 N–H and O–H groups in total. The van der Waals surface area contributed by atoms with Crippen LogP contribution in [0, 0.1) is 45.3 Å². The lowest BCUT2D eigenvalue weighted by Crippen LogP contribution is -2.68. The first-order chi connectivity index (χ1) is 21.3. The van der Waals surface area contributed by atoms with Gasteiger partial charge in [0, 0.05) is 5.54 Å². The number of carboxylic acids is 1. The van der Waals surface area contributed by atoms with Gasteiger partial charge in [-0.3, -0.25) is 9.69 Å². The Kier molecular flexibility index (Phi) is 7.08. The number of rotatable bonds is 5. The van der Waals surface area contributed by atoms with Crippen LogP contribution in [0.3, 0.4) is 0 Å². The maximum atomic E-state index is 13.3. The van der Waals surface area contributed by atoms with Gasteiger partial charge in [-0.05, 0) is 126 Å². The van der Waals surface area contributed by atoms with E-state index in [1.807, 2.05) is 12.1 Å². The minimum Gasteiger partial charge on any atom is -0.478 e. The van der Waals surface area contributed by atoms with E-state index >= 15 is 0 Å². The molecule has 0 bridgehead atoms. The predicted molar refractivity (Wildman–Crippen MR) is 173 cm³/mol. The Morgan fingerprint density at radius 1 is 0.911 bits per heavy atom. The van der Waals surface area contributed by atoms with E-state index in [9.17, 15) is 19.5 Å². The number of ether oxygens (including phenoxy) is 1. The van der Waals surface area contributed by atoms with E-state index in [-0.39, 0.29) is 45.7 Å². The van der Waals surface area contributed by atoms with Gasteiger partial charge in [-0.25, -0.2) is 9.59 Å². The van der Waals surface area contributed by atoms with Crippen LogP contribution in [0.25, 0.3) is 5.57 Å². The first kappa shape index (κ1) is 30.8. The smallest absolute Gasteiger partial charge is 0.410 e. The van der Waals surface area contributed by atoms with Gasteiger partial charge in [0.05, 0.1) is 12.1 Å². The maximum Gasteiger partial charge on any atom is 0.410 e. The molecule has 5 fully saturated rings. The molecule has 1 saturated heterocycles. The largest absolute Gasteiger partial charge is 0.478 e. The third kappa shape index (κ3) is 4.37. The number of hydrogen-bond acceptors (Lipinski definition) is 4. The van der Waals surface area contributed by atoms with Gasteiger partial charge in [0.25, 0.3) is 0 Å². The average Bonchev–Trinajstić information content (AvgIpc) is 3.59. The van der Waals surface area contributed by atoms with Crippen LogP contribution >= 0.6 is 0 Å². The topological polar surface area (TPSA) is 95.9 Å². The van der Waals surface area contributed by atoms with Crippen LogP contribution in [0.1, 0.15) is 115 Å². The van der Waals surface area contributed by atoms with Crippen LogP contribution in [-0.2, 0) is 9.53 Å². The van der Waals surface area contributed by atoms with Gasteiger partial charge in [-0.2, -0.15) is 0 Å². The third-order valence-corrected chi connectivity index (χ3v) is 14.9. The van der Waals surface area contributed by atoms with Crippen LogP contribution in [0.4, 0.5) is 4.79 Å². The molecule has 6 aliphatic rings. The molecule has 7 nitrogen and oxygen atoms in total. The lowest BCUT2D eigenvalue weighted by molar-refractivity contribution is -0.217. The highest BCUT2D eigenvalue weighted by atomic mass is 16.6. The minimum atomic E-state index is -0.879. The summed E-state index contributed by atoms with van der Waals surface area (Å²) in [5.41, 5.74) is 3.40. The van der Waals surface area contributed by atoms with Crippen LogP contribution in [0.15, 0.2) is 30.3 Å². The first-order valence-corrected chi connectivity index (χ1v) is 17.5. The van der Waals surface area contributed by atoms with Crippen LogP contribution < -0.4 is 5.32 Å². The number of amides is 2. The van der Waals surface area contributed by atoms with Gasteiger partial charge in [0.15, 0.2) is 0 Å². The van der Waals surface area contributed by atoms with Gasteiger partial charge in [0.2, 0.25) is 5.91 Å². The summed E-state index contributed by atoms with van der Waals surface area (Å²) in [6.07, 6.45) is 13.7. The quantitative estimate of drug-likeness (QED) is 0.356. The van der Waals surface area contributed by atoms with Crippen molar-refractivity contribution in [2.45, 2.75) is 104 Å². The molecule has 8 atom stereocenters. The molecule has 2 amide bonds. The zero-order chi connectivity index (χ0) is 32.0. The van der Waals surface area contributed by atoms with Crippen molar-refractivity contribution in [2.75, 3.05) is 19.7 Å². The third-order valence-electron chi connectivity index (χ3n) is 14.9. The Hall–Kier alpha value is -2.83. The van der Waals surface area contributed by atoms with Crippen molar-refractivity contribution in [1.82, 2.24) is 10.2 Å². The number of carbonyl (C=O) groups excluding carboxylic acids is 2. The number of nitrogens with zero attached hydrogens (tertiary/aromatic N) is 1. The fourth-order valence-corrected chi connectivity index (χ4v) is 12.7. The number of aromatic carboxylic acids is 1. The maximum absolute atomic E-state index is 13.3. The lowest BCUT2D eigenvalue weighted by Gasteiger charge is -2.72. The fourth-order valence-electron chi connectivity index (χ4n) is 12.7. The van der Waals surface area contributed by atoms with E-state index in [4.69, 9.17) is 4.74 Å². The summed E-state index contributed by atoms with van der Waals surface area (Å²) >= 11 is 0. The van der Waals surface area contributed by atoms with E-state index in [1.165, 1.54) is 49.0 Å². The molecule has 3 unspecified atom stereocenters.